The molecule has 1 saturated heterocycles. The Bertz CT molecular complexity index is 687. The molecule has 1 aliphatic heterocycles. The molecule has 2 rings (SSSR count). The smallest absolute Gasteiger partial charge is 0.256 e. The van der Waals surface area contributed by atoms with Crippen LogP contribution in [0.1, 0.15) is 44.1 Å². The highest BCUT2D eigenvalue weighted by Crippen LogP contribution is 2.23. The first-order chi connectivity index (χ1) is 12.0. The Morgan fingerprint density at radius 1 is 1.24 bits per heavy atom. The summed E-state index contributed by atoms with van der Waals surface area (Å²) in [6.07, 6.45) is 5.19. The van der Waals surface area contributed by atoms with Crippen molar-refractivity contribution in [2.24, 2.45) is 0 Å². The maximum absolute atomic E-state index is 12.4. The maximum Gasteiger partial charge on any atom is 0.256 e. The zero-order valence-corrected chi connectivity index (χ0v) is 15.4. The van der Waals surface area contributed by atoms with Crippen molar-refractivity contribution in [3.8, 4) is 0 Å². The SMILES string of the molecule is O=C(CCCCCCN1C(=O)C/C(=C\c2cccc(Br)c2)C1=O)NO. The van der Waals surface area contributed by atoms with Crippen molar-refractivity contribution in [2.75, 3.05) is 6.54 Å². The molecule has 0 unspecified atom stereocenters. The van der Waals surface area contributed by atoms with Gasteiger partial charge >= 0.3 is 0 Å². The van der Waals surface area contributed by atoms with Crippen molar-refractivity contribution in [3.63, 3.8) is 0 Å². The molecule has 1 heterocycles. The van der Waals surface area contributed by atoms with Gasteiger partial charge in [0.25, 0.3) is 5.91 Å². The van der Waals surface area contributed by atoms with Gasteiger partial charge in [-0.15, -0.1) is 0 Å². The van der Waals surface area contributed by atoms with Crippen LogP contribution in [0.5, 0.6) is 0 Å². The van der Waals surface area contributed by atoms with E-state index in [1.807, 2.05) is 24.3 Å². The van der Waals surface area contributed by atoms with E-state index in [9.17, 15) is 14.4 Å². The molecule has 1 fully saturated rings. The first-order valence-corrected chi connectivity index (χ1v) is 9.04. The number of amides is 3. The number of carbonyl (C=O) groups is 3. The number of hydroxylamine groups is 1. The zero-order chi connectivity index (χ0) is 18.2. The van der Waals surface area contributed by atoms with Crippen LogP contribution in [0.25, 0.3) is 6.08 Å². The van der Waals surface area contributed by atoms with Crippen LogP contribution in [0.4, 0.5) is 0 Å². The summed E-state index contributed by atoms with van der Waals surface area (Å²) in [5, 5.41) is 8.40. The van der Waals surface area contributed by atoms with Crippen LogP contribution in [-0.2, 0) is 14.4 Å². The highest BCUT2D eigenvalue weighted by Gasteiger charge is 2.32. The summed E-state index contributed by atoms with van der Waals surface area (Å²) in [5.74, 6) is -0.775. The van der Waals surface area contributed by atoms with Crippen molar-refractivity contribution in [3.05, 3.63) is 39.9 Å². The minimum absolute atomic E-state index is 0.141. The highest BCUT2D eigenvalue weighted by molar-refractivity contribution is 9.10. The predicted molar refractivity (Wildman–Crippen MR) is 96.5 cm³/mol. The molecule has 6 nitrogen and oxygen atoms in total. The quantitative estimate of drug-likeness (QED) is 0.227. The molecule has 0 aliphatic carbocycles. The number of hydrogen-bond acceptors (Lipinski definition) is 4. The lowest BCUT2D eigenvalue weighted by atomic mass is 10.1. The van der Waals surface area contributed by atoms with Crippen molar-refractivity contribution >= 4 is 39.7 Å². The summed E-state index contributed by atoms with van der Waals surface area (Å²) in [5.41, 5.74) is 3.00. The number of benzene rings is 1. The number of rotatable bonds is 8. The highest BCUT2D eigenvalue weighted by atomic mass is 79.9. The molecule has 7 heteroatoms. The van der Waals surface area contributed by atoms with Crippen LogP contribution in [0.2, 0.25) is 0 Å². The predicted octanol–water partition coefficient (Wildman–Crippen LogP) is 3.05. The number of imide groups is 1. The minimum Gasteiger partial charge on any atom is -0.289 e. The third-order valence-electron chi connectivity index (χ3n) is 4.01. The molecule has 1 aromatic rings. The first kappa shape index (κ1) is 19.3. The van der Waals surface area contributed by atoms with E-state index in [0.717, 1.165) is 22.9 Å². The third-order valence-corrected chi connectivity index (χ3v) is 4.51. The second-order valence-corrected chi connectivity index (χ2v) is 6.87. The largest absolute Gasteiger partial charge is 0.289 e. The summed E-state index contributed by atoms with van der Waals surface area (Å²) in [6.45, 7) is 0.402. The van der Waals surface area contributed by atoms with E-state index in [1.165, 1.54) is 4.90 Å². The number of nitrogens with one attached hydrogen (secondary N) is 1. The van der Waals surface area contributed by atoms with Crippen LogP contribution in [0.15, 0.2) is 34.3 Å². The normalized spacial score (nSPS) is 15.9. The maximum atomic E-state index is 12.4. The molecule has 3 amide bonds. The van der Waals surface area contributed by atoms with E-state index in [2.05, 4.69) is 15.9 Å². The standard InChI is InChI=1S/C18H21BrN2O4/c19-15-7-5-6-13(11-15)10-14-12-17(23)21(18(14)24)9-4-2-1-3-8-16(22)20-25/h5-7,10-11,25H,1-4,8-9,12H2,(H,20,22)/b14-10+. The van der Waals surface area contributed by atoms with Gasteiger partial charge in [0.1, 0.15) is 0 Å². The van der Waals surface area contributed by atoms with Crippen molar-refractivity contribution in [1.29, 1.82) is 0 Å². The van der Waals surface area contributed by atoms with Gasteiger partial charge in [-0.05, 0) is 36.6 Å². The monoisotopic (exact) mass is 408 g/mol. The van der Waals surface area contributed by atoms with Gasteiger partial charge in [0.2, 0.25) is 11.8 Å². The van der Waals surface area contributed by atoms with E-state index in [1.54, 1.807) is 11.6 Å². The molecular weight excluding hydrogens is 388 g/mol. The molecule has 0 bridgehead atoms. The van der Waals surface area contributed by atoms with E-state index >= 15 is 0 Å². The fraction of sp³-hybridized carbons (Fsp3) is 0.389. The van der Waals surface area contributed by atoms with Crippen molar-refractivity contribution in [2.45, 2.75) is 38.5 Å². The Morgan fingerprint density at radius 3 is 2.72 bits per heavy atom. The van der Waals surface area contributed by atoms with Crippen LogP contribution in [-0.4, -0.2) is 34.4 Å². The van der Waals surface area contributed by atoms with Gasteiger partial charge in [-0.25, -0.2) is 5.48 Å². The number of halogens is 1. The molecule has 1 aromatic carbocycles. The van der Waals surface area contributed by atoms with Gasteiger partial charge in [0, 0.05) is 23.0 Å². The Hall–Kier alpha value is -1.99. The van der Waals surface area contributed by atoms with Crippen molar-refractivity contribution in [1.82, 2.24) is 10.4 Å². The Labute approximate surface area is 155 Å². The average molecular weight is 409 g/mol. The summed E-state index contributed by atoms with van der Waals surface area (Å²) >= 11 is 3.39. The van der Waals surface area contributed by atoms with E-state index in [0.29, 0.717) is 25.0 Å². The Kier molecular flexibility index (Phi) is 7.33. The molecule has 0 spiro atoms. The van der Waals surface area contributed by atoms with Gasteiger partial charge in [-0.1, -0.05) is 40.9 Å². The fourth-order valence-electron chi connectivity index (χ4n) is 2.72. The molecule has 0 radical (unpaired) electrons. The van der Waals surface area contributed by atoms with E-state index in [-0.39, 0.29) is 24.7 Å². The minimum atomic E-state index is -0.396. The molecule has 0 aromatic heterocycles. The zero-order valence-electron chi connectivity index (χ0n) is 13.8. The second kappa shape index (κ2) is 9.48. The molecule has 0 saturated carbocycles. The Morgan fingerprint density at radius 2 is 2.00 bits per heavy atom. The van der Waals surface area contributed by atoms with Crippen LogP contribution >= 0.6 is 15.9 Å². The number of carbonyl (C=O) groups excluding carboxylic acids is 3. The second-order valence-electron chi connectivity index (χ2n) is 5.95. The topological polar surface area (TPSA) is 86.7 Å². The van der Waals surface area contributed by atoms with Gasteiger partial charge in [-0.2, -0.15) is 0 Å². The lowest BCUT2D eigenvalue weighted by Gasteiger charge is -2.13. The lowest BCUT2D eigenvalue weighted by Crippen LogP contribution is -2.30. The molecule has 1 aliphatic rings. The van der Waals surface area contributed by atoms with Gasteiger partial charge < -0.3 is 0 Å². The van der Waals surface area contributed by atoms with Gasteiger partial charge in [-0.3, -0.25) is 24.5 Å². The van der Waals surface area contributed by atoms with Crippen LogP contribution < -0.4 is 5.48 Å². The summed E-state index contributed by atoms with van der Waals surface area (Å²) in [6, 6.07) is 7.57. The number of unbranched alkanes of at least 4 members (excludes halogenated alkanes) is 3. The number of likely N-dealkylation sites (tertiary alicyclic amines) is 1. The molecule has 134 valence electrons. The third kappa shape index (κ3) is 5.79. The van der Waals surface area contributed by atoms with Gasteiger partial charge in [0.05, 0.1) is 6.42 Å². The van der Waals surface area contributed by atoms with Crippen molar-refractivity contribution < 1.29 is 19.6 Å². The van der Waals surface area contributed by atoms with E-state index < -0.39 is 5.91 Å². The number of nitrogens with zero attached hydrogens (tertiary/aromatic N) is 1. The summed E-state index contributed by atoms with van der Waals surface area (Å²) < 4.78 is 0.922. The summed E-state index contributed by atoms with van der Waals surface area (Å²) in [4.78, 5) is 36.7. The fourth-order valence-corrected chi connectivity index (χ4v) is 3.14. The molecule has 2 N–H and O–H groups in total. The number of hydrogen-bond donors (Lipinski definition) is 2. The van der Waals surface area contributed by atoms with Gasteiger partial charge in [0.15, 0.2) is 0 Å². The molecular formula is C18H21BrN2O4. The lowest BCUT2D eigenvalue weighted by molar-refractivity contribution is -0.137. The van der Waals surface area contributed by atoms with E-state index in [4.69, 9.17) is 5.21 Å². The molecule has 25 heavy (non-hydrogen) atoms. The summed E-state index contributed by atoms with van der Waals surface area (Å²) in [7, 11) is 0. The average Bonchev–Trinajstić information content (AvgIpc) is 2.84. The van der Waals surface area contributed by atoms with Crippen LogP contribution in [0.3, 0.4) is 0 Å². The molecule has 0 atom stereocenters. The Balaban J connectivity index is 1.82. The first-order valence-electron chi connectivity index (χ1n) is 8.25. The van der Waals surface area contributed by atoms with Crippen LogP contribution in [0, 0.1) is 0 Å².